The highest BCUT2D eigenvalue weighted by Gasteiger charge is 2.16. The fourth-order valence-corrected chi connectivity index (χ4v) is 7.50. The number of thiophene rings is 1. The van der Waals surface area contributed by atoms with E-state index in [9.17, 15) is 0 Å². The minimum absolute atomic E-state index is 0.738. The van der Waals surface area contributed by atoms with Crippen molar-refractivity contribution in [2.75, 3.05) is 0 Å². The monoisotopic (exact) mass is 591 g/mol. The number of fused-ring (bicyclic) bond motifs is 6. The highest BCUT2D eigenvalue weighted by atomic mass is 32.1. The van der Waals surface area contributed by atoms with Gasteiger partial charge in [0.05, 0.1) is 21.4 Å². The summed E-state index contributed by atoms with van der Waals surface area (Å²) in [5.74, 6) is 0.738. The predicted octanol–water partition coefficient (Wildman–Crippen LogP) is 11.2. The maximum Gasteiger partial charge on any atom is 0.160 e. The summed E-state index contributed by atoms with van der Waals surface area (Å²) in [6.45, 7) is 0. The number of benzene rings is 6. The molecule has 3 nitrogen and oxygen atoms in total. The van der Waals surface area contributed by atoms with Gasteiger partial charge in [0.2, 0.25) is 0 Å². The fourth-order valence-electron chi connectivity index (χ4n) is 6.34. The molecule has 0 N–H and O–H groups in total. The predicted molar refractivity (Wildman–Crippen MR) is 189 cm³/mol. The van der Waals surface area contributed by atoms with E-state index in [1.807, 2.05) is 18.3 Å². The second kappa shape index (κ2) is 10.5. The first kappa shape index (κ1) is 25.8. The van der Waals surface area contributed by atoms with Crippen molar-refractivity contribution in [2.45, 2.75) is 0 Å². The number of hydrogen-bond acceptors (Lipinski definition) is 4. The van der Waals surface area contributed by atoms with Gasteiger partial charge in [-0.15, -0.1) is 11.3 Å². The standard InChI is InChI=1S/C41H25N3S/c1-2-9-27(10-3-1)38-40-39(35-14-4-5-17-36(35)45-40)44-41(43-38)29-20-18-26(19-21-29)30-11-6-12-31(25-30)32-15-7-16-34-33(32)23-22-28-13-8-24-42-37(28)34/h1-25H. The van der Waals surface area contributed by atoms with Crippen LogP contribution in [0.1, 0.15) is 0 Å². The van der Waals surface area contributed by atoms with Crippen LogP contribution >= 0.6 is 11.3 Å². The van der Waals surface area contributed by atoms with Crippen molar-refractivity contribution < 1.29 is 0 Å². The van der Waals surface area contributed by atoms with Crippen molar-refractivity contribution in [1.82, 2.24) is 15.0 Å². The molecule has 45 heavy (non-hydrogen) atoms. The van der Waals surface area contributed by atoms with Crippen molar-refractivity contribution in [1.29, 1.82) is 0 Å². The van der Waals surface area contributed by atoms with Gasteiger partial charge in [-0.1, -0.05) is 127 Å². The van der Waals surface area contributed by atoms with Crippen LogP contribution in [-0.4, -0.2) is 15.0 Å². The second-order valence-electron chi connectivity index (χ2n) is 11.2. The summed E-state index contributed by atoms with van der Waals surface area (Å²) in [6, 6.07) is 51.3. The lowest BCUT2D eigenvalue weighted by molar-refractivity contribution is 1.24. The Bertz CT molecular complexity index is 2530. The van der Waals surface area contributed by atoms with Gasteiger partial charge in [0, 0.05) is 38.2 Å². The fraction of sp³-hybridized carbons (Fsp3) is 0. The van der Waals surface area contributed by atoms with Crippen molar-refractivity contribution in [3.63, 3.8) is 0 Å². The van der Waals surface area contributed by atoms with E-state index in [-0.39, 0.29) is 0 Å². The van der Waals surface area contributed by atoms with Crippen LogP contribution in [0.25, 0.3) is 86.9 Å². The van der Waals surface area contributed by atoms with Gasteiger partial charge in [-0.25, -0.2) is 9.97 Å². The molecule has 0 aliphatic carbocycles. The summed E-state index contributed by atoms with van der Waals surface area (Å²) in [6.07, 6.45) is 1.87. The summed E-state index contributed by atoms with van der Waals surface area (Å²) in [5.41, 5.74) is 9.83. The van der Waals surface area contributed by atoms with Crippen LogP contribution < -0.4 is 0 Å². The van der Waals surface area contributed by atoms with E-state index in [2.05, 4.69) is 138 Å². The molecule has 9 rings (SSSR count). The summed E-state index contributed by atoms with van der Waals surface area (Å²) in [7, 11) is 0. The summed E-state index contributed by atoms with van der Waals surface area (Å²) in [4.78, 5) is 14.9. The van der Waals surface area contributed by atoms with Gasteiger partial charge >= 0.3 is 0 Å². The normalized spacial score (nSPS) is 11.6. The molecule has 6 aromatic carbocycles. The third kappa shape index (κ3) is 4.38. The highest BCUT2D eigenvalue weighted by molar-refractivity contribution is 7.26. The molecular formula is C41H25N3S. The highest BCUT2D eigenvalue weighted by Crippen LogP contribution is 2.40. The molecule has 9 aromatic rings. The van der Waals surface area contributed by atoms with Crippen LogP contribution in [0.2, 0.25) is 0 Å². The minimum Gasteiger partial charge on any atom is -0.256 e. The van der Waals surface area contributed by atoms with Crippen LogP contribution in [0, 0.1) is 0 Å². The third-order valence-corrected chi connectivity index (χ3v) is 9.71. The van der Waals surface area contributed by atoms with Crippen molar-refractivity contribution in [2.24, 2.45) is 0 Å². The van der Waals surface area contributed by atoms with Gasteiger partial charge in [0.15, 0.2) is 5.82 Å². The maximum atomic E-state index is 5.14. The van der Waals surface area contributed by atoms with Crippen LogP contribution in [0.15, 0.2) is 152 Å². The van der Waals surface area contributed by atoms with Crippen molar-refractivity contribution >= 4 is 53.3 Å². The lowest BCUT2D eigenvalue weighted by atomic mass is 9.94. The Morgan fingerprint density at radius 3 is 2.11 bits per heavy atom. The Morgan fingerprint density at radius 2 is 1.20 bits per heavy atom. The van der Waals surface area contributed by atoms with E-state index >= 15 is 0 Å². The number of hydrogen-bond donors (Lipinski definition) is 0. The Hall–Kier alpha value is -5.71. The van der Waals surface area contributed by atoms with Gasteiger partial charge < -0.3 is 0 Å². The van der Waals surface area contributed by atoms with E-state index in [0.29, 0.717) is 0 Å². The van der Waals surface area contributed by atoms with Crippen molar-refractivity contribution in [3.05, 3.63) is 152 Å². The zero-order valence-corrected chi connectivity index (χ0v) is 25.0. The van der Waals surface area contributed by atoms with Gasteiger partial charge in [-0.05, 0) is 45.8 Å². The van der Waals surface area contributed by atoms with Crippen molar-refractivity contribution in [3.8, 4) is 44.9 Å². The zero-order valence-electron chi connectivity index (χ0n) is 24.2. The number of nitrogens with zero attached hydrogens (tertiary/aromatic N) is 3. The topological polar surface area (TPSA) is 38.7 Å². The molecule has 0 atom stereocenters. The van der Waals surface area contributed by atoms with E-state index in [0.717, 1.165) is 49.3 Å². The SMILES string of the molecule is c1ccc(-c2nc(-c3ccc(-c4cccc(-c5cccc6c5ccc5cccnc56)c4)cc3)nc3c2sc2ccccc23)cc1. The van der Waals surface area contributed by atoms with E-state index in [1.54, 1.807) is 11.3 Å². The van der Waals surface area contributed by atoms with Gasteiger partial charge in [0.25, 0.3) is 0 Å². The molecule has 0 amide bonds. The molecule has 0 bridgehead atoms. The average molecular weight is 592 g/mol. The summed E-state index contributed by atoms with van der Waals surface area (Å²) < 4.78 is 2.35. The Morgan fingerprint density at radius 1 is 0.444 bits per heavy atom. The van der Waals surface area contributed by atoms with Gasteiger partial charge in [-0.2, -0.15) is 0 Å². The zero-order chi connectivity index (χ0) is 29.7. The molecule has 0 aliphatic heterocycles. The number of rotatable bonds is 4. The molecule has 0 fully saturated rings. The smallest absolute Gasteiger partial charge is 0.160 e. The Balaban J connectivity index is 1.12. The molecule has 4 heteroatoms. The molecule has 0 unspecified atom stereocenters. The molecule has 3 aromatic heterocycles. The number of pyridine rings is 1. The quantitative estimate of drug-likeness (QED) is 0.191. The molecule has 0 saturated carbocycles. The van der Waals surface area contributed by atoms with Gasteiger partial charge in [0.1, 0.15) is 0 Å². The molecule has 0 saturated heterocycles. The minimum atomic E-state index is 0.738. The van der Waals surface area contributed by atoms with Crippen LogP contribution in [0.5, 0.6) is 0 Å². The average Bonchev–Trinajstić information content (AvgIpc) is 3.50. The molecule has 210 valence electrons. The maximum absolute atomic E-state index is 5.14. The lowest BCUT2D eigenvalue weighted by Gasteiger charge is -2.11. The Labute approximate surface area is 264 Å². The second-order valence-corrected chi connectivity index (χ2v) is 12.3. The molecule has 3 heterocycles. The first-order chi connectivity index (χ1) is 22.3. The first-order valence-corrected chi connectivity index (χ1v) is 15.8. The molecular weight excluding hydrogens is 567 g/mol. The van der Waals surface area contributed by atoms with Crippen LogP contribution in [0.3, 0.4) is 0 Å². The third-order valence-electron chi connectivity index (χ3n) is 8.55. The van der Waals surface area contributed by atoms with Crippen LogP contribution in [-0.2, 0) is 0 Å². The number of aromatic nitrogens is 3. The molecule has 0 radical (unpaired) electrons. The van der Waals surface area contributed by atoms with E-state index in [4.69, 9.17) is 9.97 Å². The first-order valence-electron chi connectivity index (χ1n) is 15.0. The van der Waals surface area contributed by atoms with E-state index in [1.165, 1.54) is 37.5 Å². The molecule has 0 aliphatic rings. The summed E-state index contributed by atoms with van der Waals surface area (Å²) in [5, 5.41) is 4.70. The van der Waals surface area contributed by atoms with E-state index < -0.39 is 0 Å². The van der Waals surface area contributed by atoms with Gasteiger partial charge in [-0.3, -0.25) is 4.98 Å². The van der Waals surface area contributed by atoms with Crippen LogP contribution in [0.4, 0.5) is 0 Å². The Kier molecular flexibility index (Phi) is 6.00. The molecule has 0 spiro atoms. The summed E-state index contributed by atoms with van der Waals surface area (Å²) >= 11 is 1.76. The largest absolute Gasteiger partial charge is 0.256 e. The lowest BCUT2D eigenvalue weighted by Crippen LogP contribution is -1.93.